The molecule has 0 radical (unpaired) electrons. The summed E-state index contributed by atoms with van der Waals surface area (Å²) >= 11 is 1.26. The molecule has 0 atom stereocenters. The number of benzene rings is 1. The Bertz CT molecular complexity index is 827. The van der Waals surface area contributed by atoms with Crippen LogP contribution in [-0.4, -0.2) is 46.2 Å². The molecule has 7 nitrogen and oxygen atoms in total. The molecule has 1 aromatic carbocycles. The van der Waals surface area contributed by atoms with Crippen LogP contribution in [0.4, 0.5) is 5.13 Å². The van der Waals surface area contributed by atoms with E-state index in [9.17, 15) is 14.4 Å². The molecule has 28 heavy (non-hydrogen) atoms. The molecule has 2 N–H and O–H groups in total. The van der Waals surface area contributed by atoms with E-state index < -0.39 is 0 Å². The summed E-state index contributed by atoms with van der Waals surface area (Å²) in [4.78, 5) is 42.6. The first-order chi connectivity index (χ1) is 13.2. The van der Waals surface area contributed by atoms with E-state index in [2.05, 4.69) is 15.6 Å². The third-order valence-electron chi connectivity index (χ3n) is 3.72. The lowest BCUT2D eigenvalue weighted by Crippen LogP contribution is -2.47. The first kappa shape index (κ1) is 21.6. The second-order valence-electron chi connectivity index (χ2n) is 7.35. The highest BCUT2D eigenvalue weighted by Crippen LogP contribution is 2.17. The fourth-order valence-electron chi connectivity index (χ4n) is 2.48. The van der Waals surface area contributed by atoms with Gasteiger partial charge in [0.05, 0.1) is 18.7 Å². The Hall–Kier alpha value is -2.74. The molecule has 0 saturated carbocycles. The quantitative estimate of drug-likeness (QED) is 0.745. The van der Waals surface area contributed by atoms with Crippen molar-refractivity contribution in [2.75, 3.05) is 18.4 Å². The molecule has 0 aliphatic heterocycles. The molecule has 2 rings (SSSR count). The highest BCUT2D eigenvalue weighted by molar-refractivity contribution is 7.14. The van der Waals surface area contributed by atoms with Gasteiger partial charge in [-0.15, -0.1) is 11.3 Å². The lowest BCUT2D eigenvalue weighted by Gasteiger charge is -2.25. The van der Waals surface area contributed by atoms with Gasteiger partial charge in [-0.3, -0.25) is 19.7 Å². The number of aromatic nitrogens is 1. The minimum Gasteiger partial charge on any atom is -0.350 e. The Morgan fingerprint density at radius 2 is 1.82 bits per heavy atom. The Morgan fingerprint density at radius 3 is 2.43 bits per heavy atom. The van der Waals surface area contributed by atoms with Crippen molar-refractivity contribution >= 4 is 34.2 Å². The zero-order valence-corrected chi connectivity index (χ0v) is 17.4. The molecule has 1 heterocycles. The van der Waals surface area contributed by atoms with Gasteiger partial charge < -0.3 is 10.2 Å². The predicted molar refractivity (Wildman–Crippen MR) is 110 cm³/mol. The van der Waals surface area contributed by atoms with E-state index in [0.717, 1.165) is 0 Å². The van der Waals surface area contributed by atoms with Gasteiger partial charge in [-0.1, -0.05) is 18.2 Å². The standard InChI is InChI=1S/C20H26N4O3S/c1-5-24(12-16(25)23-20(2,3)4)17(26)11-15-13-28-19(21-15)22-18(27)14-9-7-6-8-10-14/h6-10,13H,5,11-12H2,1-4H3,(H,23,25)(H,21,22,27). The van der Waals surface area contributed by atoms with E-state index in [4.69, 9.17) is 0 Å². The highest BCUT2D eigenvalue weighted by Gasteiger charge is 2.20. The van der Waals surface area contributed by atoms with Crippen LogP contribution in [0.5, 0.6) is 0 Å². The zero-order chi connectivity index (χ0) is 20.7. The van der Waals surface area contributed by atoms with Gasteiger partial charge in [0.1, 0.15) is 0 Å². The summed E-state index contributed by atoms with van der Waals surface area (Å²) in [5, 5.41) is 7.76. The molecule has 150 valence electrons. The van der Waals surface area contributed by atoms with Gasteiger partial charge in [-0.2, -0.15) is 0 Å². The Kier molecular flexibility index (Phi) is 7.28. The maximum atomic E-state index is 12.5. The van der Waals surface area contributed by atoms with Crippen LogP contribution in [0, 0.1) is 0 Å². The molecular formula is C20H26N4O3S. The van der Waals surface area contributed by atoms with Crippen molar-refractivity contribution in [2.45, 2.75) is 39.7 Å². The third kappa shape index (κ3) is 6.77. The molecule has 2 aromatic rings. The normalized spacial score (nSPS) is 11.0. The summed E-state index contributed by atoms with van der Waals surface area (Å²) in [6, 6.07) is 8.85. The number of carbonyl (C=O) groups excluding carboxylic acids is 3. The lowest BCUT2D eigenvalue weighted by atomic mass is 10.1. The van der Waals surface area contributed by atoms with E-state index in [-0.39, 0.29) is 36.2 Å². The van der Waals surface area contributed by atoms with Crippen molar-refractivity contribution in [2.24, 2.45) is 0 Å². The Morgan fingerprint density at radius 1 is 1.14 bits per heavy atom. The molecular weight excluding hydrogens is 376 g/mol. The lowest BCUT2D eigenvalue weighted by molar-refractivity contribution is -0.135. The molecule has 0 spiro atoms. The van der Waals surface area contributed by atoms with Crippen molar-refractivity contribution in [3.63, 3.8) is 0 Å². The summed E-state index contributed by atoms with van der Waals surface area (Å²) < 4.78 is 0. The number of carbonyl (C=O) groups is 3. The SMILES string of the molecule is CCN(CC(=O)NC(C)(C)C)C(=O)Cc1csc(NC(=O)c2ccccc2)n1. The number of amides is 3. The van der Waals surface area contributed by atoms with Gasteiger partial charge in [0, 0.05) is 23.0 Å². The van der Waals surface area contributed by atoms with Gasteiger partial charge in [0.25, 0.3) is 5.91 Å². The summed E-state index contributed by atoms with van der Waals surface area (Å²) in [5.41, 5.74) is 0.755. The van der Waals surface area contributed by atoms with E-state index in [1.165, 1.54) is 16.2 Å². The highest BCUT2D eigenvalue weighted by atomic mass is 32.1. The van der Waals surface area contributed by atoms with Crippen LogP contribution in [0.25, 0.3) is 0 Å². The summed E-state index contributed by atoms with van der Waals surface area (Å²) in [6.07, 6.45) is 0.0777. The number of hydrogen-bond acceptors (Lipinski definition) is 5. The molecule has 0 saturated heterocycles. The number of nitrogens with zero attached hydrogens (tertiary/aromatic N) is 2. The van der Waals surface area contributed by atoms with Crippen LogP contribution in [0.2, 0.25) is 0 Å². The number of hydrogen-bond donors (Lipinski definition) is 2. The largest absolute Gasteiger partial charge is 0.350 e. The maximum Gasteiger partial charge on any atom is 0.257 e. The molecule has 0 bridgehead atoms. The third-order valence-corrected chi connectivity index (χ3v) is 4.53. The first-order valence-corrected chi connectivity index (χ1v) is 9.95. The number of thiazole rings is 1. The average molecular weight is 403 g/mol. The molecule has 0 fully saturated rings. The van der Waals surface area contributed by atoms with Gasteiger partial charge >= 0.3 is 0 Å². The number of rotatable bonds is 7. The number of anilines is 1. The summed E-state index contributed by atoms with van der Waals surface area (Å²) in [7, 11) is 0. The fourth-order valence-corrected chi connectivity index (χ4v) is 3.18. The second-order valence-corrected chi connectivity index (χ2v) is 8.21. The van der Waals surface area contributed by atoms with Gasteiger partial charge in [-0.05, 0) is 39.8 Å². The fraction of sp³-hybridized carbons (Fsp3) is 0.400. The van der Waals surface area contributed by atoms with Crippen LogP contribution in [-0.2, 0) is 16.0 Å². The topological polar surface area (TPSA) is 91.4 Å². The van der Waals surface area contributed by atoms with Crippen molar-refractivity contribution in [1.29, 1.82) is 0 Å². The first-order valence-electron chi connectivity index (χ1n) is 9.07. The van der Waals surface area contributed by atoms with Gasteiger partial charge in [-0.25, -0.2) is 4.98 Å². The van der Waals surface area contributed by atoms with E-state index >= 15 is 0 Å². The summed E-state index contributed by atoms with van der Waals surface area (Å²) in [6.45, 7) is 7.94. The number of nitrogens with one attached hydrogen (secondary N) is 2. The predicted octanol–water partition coefficient (Wildman–Crippen LogP) is 2.70. The molecule has 0 aliphatic carbocycles. The average Bonchev–Trinajstić information content (AvgIpc) is 3.05. The van der Waals surface area contributed by atoms with Crippen molar-refractivity contribution < 1.29 is 14.4 Å². The molecule has 0 aliphatic rings. The maximum absolute atomic E-state index is 12.5. The summed E-state index contributed by atoms with van der Waals surface area (Å²) in [5.74, 6) is -0.628. The van der Waals surface area contributed by atoms with Crippen LogP contribution < -0.4 is 10.6 Å². The van der Waals surface area contributed by atoms with Crippen molar-refractivity contribution in [3.8, 4) is 0 Å². The molecule has 0 unspecified atom stereocenters. The zero-order valence-electron chi connectivity index (χ0n) is 16.6. The van der Waals surface area contributed by atoms with Crippen LogP contribution in [0.3, 0.4) is 0 Å². The number of likely N-dealkylation sites (N-methyl/N-ethyl adjacent to an activating group) is 1. The minimum atomic E-state index is -0.347. The van der Waals surface area contributed by atoms with Gasteiger partial charge in [0.2, 0.25) is 11.8 Å². The van der Waals surface area contributed by atoms with E-state index in [1.54, 1.807) is 29.6 Å². The van der Waals surface area contributed by atoms with E-state index in [0.29, 0.717) is 22.9 Å². The van der Waals surface area contributed by atoms with Crippen molar-refractivity contribution in [1.82, 2.24) is 15.2 Å². The smallest absolute Gasteiger partial charge is 0.257 e. The van der Waals surface area contributed by atoms with Crippen LogP contribution in [0.15, 0.2) is 35.7 Å². The Labute approximate surface area is 169 Å². The molecule has 1 aromatic heterocycles. The van der Waals surface area contributed by atoms with Gasteiger partial charge in [0.15, 0.2) is 5.13 Å². The van der Waals surface area contributed by atoms with Crippen LogP contribution in [0.1, 0.15) is 43.7 Å². The van der Waals surface area contributed by atoms with Crippen LogP contribution >= 0.6 is 11.3 Å². The minimum absolute atomic E-state index is 0.00827. The molecule has 8 heteroatoms. The van der Waals surface area contributed by atoms with Crippen molar-refractivity contribution in [3.05, 3.63) is 47.0 Å². The Balaban J connectivity index is 1.93. The second kappa shape index (κ2) is 9.45. The monoisotopic (exact) mass is 402 g/mol. The molecule has 3 amide bonds. The van der Waals surface area contributed by atoms with E-state index in [1.807, 2.05) is 33.8 Å².